The van der Waals surface area contributed by atoms with Crippen molar-refractivity contribution in [2.75, 3.05) is 14.2 Å². The molecule has 0 saturated carbocycles. The van der Waals surface area contributed by atoms with Gasteiger partial charge in [0.15, 0.2) is 11.5 Å². The van der Waals surface area contributed by atoms with Gasteiger partial charge < -0.3 is 18.8 Å². The molecule has 0 aliphatic carbocycles. The highest BCUT2D eigenvalue weighted by Gasteiger charge is 2.34. The number of esters is 1. The number of benzene rings is 1. The number of ether oxygens (including phenoxy) is 3. The zero-order valence-electron chi connectivity index (χ0n) is 14.1. The van der Waals surface area contributed by atoms with Crippen LogP contribution in [0, 0.1) is 6.92 Å². The SMILES string of the molecule is COc1cccc(C2CC(=O)Oc3cc(C)n(C)c(=O)c32)c1OC. The first kappa shape index (κ1) is 16.1. The molecular weight excluding hydrogens is 310 g/mol. The number of methoxy groups -OCH3 is 2. The van der Waals surface area contributed by atoms with E-state index in [9.17, 15) is 9.59 Å². The maximum atomic E-state index is 12.8. The third-order valence-corrected chi connectivity index (χ3v) is 4.42. The molecule has 24 heavy (non-hydrogen) atoms. The molecule has 1 atom stereocenters. The molecule has 6 heteroatoms. The van der Waals surface area contributed by atoms with Crippen LogP contribution in [0.15, 0.2) is 29.1 Å². The Kier molecular flexibility index (Phi) is 4.05. The van der Waals surface area contributed by atoms with E-state index in [4.69, 9.17) is 14.2 Å². The summed E-state index contributed by atoms with van der Waals surface area (Å²) in [6, 6.07) is 7.15. The third-order valence-electron chi connectivity index (χ3n) is 4.42. The highest BCUT2D eigenvalue weighted by Crippen LogP contribution is 2.43. The van der Waals surface area contributed by atoms with Crippen LogP contribution in [-0.4, -0.2) is 24.8 Å². The molecule has 3 rings (SSSR count). The smallest absolute Gasteiger partial charge is 0.312 e. The van der Waals surface area contributed by atoms with Crippen LogP contribution < -0.4 is 19.8 Å². The van der Waals surface area contributed by atoms with Gasteiger partial charge >= 0.3 is 5.97 Å². The normalized spacial score (nSPS) is 16.3. The average molecular weight is 329 g/mol. The third kappa shape index (κ3) is 2.44. The van der Waals surface area contributed by atoms with Gasteiger partial charge in [-0.2, -0.15) is 0 Å². The molecule has 0 bridgehead atoms. The second-order valence-corrected chi connectivity index (χ2v) is 5.74. The Labute approximate surface area is 139 Å². The van der Waals surface area contributed by atoms with Crippen LogP contribution in [-0.2, 0) is 11.8 Å². The Morgan fingerprint density at radius 2 is 1.96 bits per heavy atom. The zero-order valence-corrected chi connectivity index (χ0v) is 14.1. The van der Waals surface area contributed by atoms with Gasteiger partial charge in [-0.15, -0.1) is 0 Å². The lowest BCUT2D eigenvalue weighted by molar-refractivity contribution is -0.135. The first-order valence-corrected chi connectivity index (χ1v) is 7.60. The van der Waals surface area contributed by atoms with Gasteiger partial charge in [0.25, 0.3) is 5.56 Å². The minimum atomic E-state index is -0.439. The van der Waals surface area contributed by atoms with E-state index < -0.39 is 5.92 Å². The van der Waals surface area contributed by atoms with Crippen LogP contribution in [0.2, 0.25) is 0 Å². The molecule has 1 aliphatic rings. The van der Waals surface area contributed by atoms with Crippen LogP contribution in [0.4, 0.5) is 0 Å². The first-order valence-electron chi connectivity index (χ1n) is 7.60. The number of pyridine rings is 1. The van der Waals surface area contributed by atoms with Crippen LogP contribution in [0.25, 0.3) is 0 Å². The molecule has 126 valence electrons. The summed E-state index contributed by atoms with van der Waals surface area (Å²) in [4.78, 5) is 24.8. The van der Waals surface area contributed by atoms with E-state index in [0.29, 0.717) is 22.8 Å². The van der Waals surface area contributed by atoms with Crippen molar-refractivity contribution in [2.45, 2.75) is 19.3 Å². The van der Waals surface area contributed by atoms with Crippen molar-refractivity contribution in [3.05, 3.63) is 51.4 Å². The van der Waals surface area contributed by atoms with E-state index in [0.717, 1.165) is 11.3 Å². The van der Waals surface area contributed by atoms with Gasteiger partial charge in [-0.3, -0.25) is 9.59 Å². The standard InChI is InChI=1S/C18H19NO5/c1-10-8-14-16(18(21)19(10)2)12(9-15(20)24-14)11-6-5-7-13(22-3)17(11)23-4/h5-8,12H,9H2,1-4H3. The number of carbonyl (C=O) groups is 1. The first-order chi connectivity index (χ1) is 11.5. The summed E-state index contributed by atoms with van der Waals surface area (Å²) in [6.45, 7) is 1.80. The molecule has 0 spiro atoms. The maximum absolute atomic E-state index is 12.8. The van der Waals surface area contributed by atoms with Gasteiger partial charge in [0.2, 0.25) is 0 Å². The summed E-state index contributed by atoms with van der Waals surface area (Å²) in [5.74, 6) is 0.588. The minimum Gasteiger partial charge on any atom is -0.493 e. The minimum absolute atomic E-state index is 0.0782. The topological polar surface area (TPSA) is 66.8 Å². The quantitative estimate of drug-likeness (QED) is 0.807. The van der Waals surface area contributed by atoms with Gasteiger partial charge in [-0.1, -0.05) is 12.1 Å². The fourth-order valence-corrected chi connectivity index (χ4v) is 3.10. The fourth-order valence-electron chi connectivity index (χ4n) is 3.10. The summed E-state index contributed by atoms with van der Waals surface area (Å²) in [5.41, 5.74) is 1.75. The van der Waals surface area contributed by atoms with E-state index in [1.54, 1.807) is 37.8 Å². The maximum Gasteiger partial charge on any atom is 0.312 e. The number of carbonyl (C=O) groups excluding carboxylic acids is 1. The summed E-state index contributed by atoms with van der Waals surface area (Å²) in [7, 11) is 4.79. The number of para-hydroxylation sites is 1. The number of rotatable bonds is 3. The number of nitrogens with zero attached hydrogens (tertiary/aromatic N) is 1. The molecule has 2 aromatic rings. The fraction of sp³-hybridized carbons (Fsp3) is 0.333. The average Bonchev–Trinajstić information content (AvgIpc) is 2.58. The monoisotopic (exact) mass is 329 g/mol. The van der Waals surface area contributed by atoms with Crippen LogP contribution in [0.5, 0.6) is 17.2 Å². The molecule has 1 aromatic heterocycles. The van der Waals surface area contributed by atoms with Crippen LogP contribution in [0.1, 0.15) is 29.2 Å². The lowest BCUT2D eigenvalue weighted by Gasteiger charge is -2.26. The second-order valence-electron chi connectivity index (χ2n) is 5.74. The number of hydrogen-bond donors (Lipinski definition) is 0. The Hall–Kier alpha value is -2.76. The highest BCUT2D eigenvalue weighted by atomic mass is 16.5. The molecule has 0 N–H and O–H groups in total. The van der Waals surface area contributed by atoms with Crippen molar-refractivity contribution in [1.29, 1.82) is 0 Å². The Balaban J connectivity index is 2.27. The summed E-state index contributed by atoms with van der Waals surface area (Å²) in [6.07, 6.45) is 0.0782. The van der Waals surface area contributed by atoms with E-state index in [1.165, 1.54) is 7.11 Å². The molecule has 0 fully saturated rings. The molecule has 1 aliphatic heterocycles. The van der Waals surface area contributed by atoms with E-state index in [1.807, 2.05) is 12.1 Å². The van der Waals surface area contributed by atoms with Crippen molar-refractivity contribution < 1.29 is 19.0 Å². The molecule has 1 unspecified atom stereocenters. The molecular formula is C18H19NO5. The molecule has 6 nitrogen and oxygen atoms in total. The summed E-state index contributed by atoms with van der Waals surface area (Å²) < 4.78 is 17.7. The Morgan fingerprint density at radius 3 is 2.62 bits per heavy atom. The van der Waals surface area contributed by atoms with Crippen LogP contribution in [0.3, 0.4) is 0 Å². The number of aromatic nitrogens is 1. The number of fused-ring (bicyclic) bond motifs is 1. The molecule has 1 aromatic carbocycles. The van der Waals surface area contributed by atoms with Crippen molar-refractivity contribution >= 4 is 5.97 Å². The lowest BCUT2D eigenvalue weighted by atomic mass is 9.86. The Bertz CT molecular complexity index is 868. The zero-order chi connectivity index (χ0) is 17.4. The molecule has 0 amide bonds. The van der Waals surface area contributed by atoms with Crippen molar-refractivity contribution in [3.63, 3.8) is 0 Å². The second kappa shape index (κ2) is 6.03. The van der Waals surface area contributed by atoms with Gasteiger partial charge in [-0.25, -0.2) is 0 Å². The van der Waals surface area contributed by atoms with Crippen molar-refractivity contribution in [2.24, 2.45) is 7.05 Å². The summed E-state index contributed by atoms with van der Waals surface area (Å²) in [5, 5.41) is 0. The van der Waals surface area contributed by atoms with Gasteiger partial charge in [0.1, 0.15) is 5.75 Å². The van der Waals surface area contributed by atoms with E-state index >= 15 is 0 Å². The Morgan fingerprint density at radius 1 is 1.21 bits per heavy atom. The molecule has 0 radical (unpaired) electrons. The van der Waals surface area contributed by atoms with Crippen LogP contribution >= 0.6 is 0 Å². The van der Waals surface area contributed by atoms with Gasteiger partial charge in [-0.05, 0) is 13.0 Å². The van der Waals surface area contributed by atoms with E-state index in [2.05, 4.69) is 0 Å². The lowest BCUT2D eigenvalue weighted by Crippen LogP contribution is -2.32. The number of hydrogen-bond acceptors (Lipinski definition) is 5. The predicted octanol–water partition coefficient (Wildman–Crippen LogP) is 2.15. The number of aryl methyl sites for hydroxylation is 1. The summed E-state index contributed by atoms with van der Waals surface area (Å²) >= 11 is 0. The van der Waals surface area contributed by atoms with Gasteiger partial charge in [0.05, 0.1) is 26.2 Å². The van der Waals surface area contributed by atoms with Crippen molar-refractivity contribution in [3.8, 4) is 17.2 Å². The molecule has 0 saturated heterocycles. The highest BCUT2D eigenvalue weighted by molar-refractivity contribution is 5.78. The van der Waals surface area contributed by atoms with Gasteiger partial charge in [0, 0.05) is 30.3 Å². The largest absolute Gasteiger partial charge is 0.493 e. The van der Waals surface area contributed by atoms with E-state index in [-0.39, 0.29) is 17.9 Å². The predicted molar refractivity (Wildman–Crippen MR) is 88.1 cm³/mol. The molecule has 2 heterocycles. The van der Waals surface area contributed by atoms with Crippen molar-refractivity contribution in [1.82, 2.24) is 4.57 Å².